The van der Waals surface area contributed by atoms with E-state index in [1.54, 1.807) is 0 Å². The molecule has 4 N–H and O–H groups in total. The summed E-state index contributed by atoms with van der Waals surface area (Å²) in [6.45, 7) is -0.770. The molecule has 28 heavy (non-hydrogen) atoms. The van der Waals surface area contributed by atoms with E-state index < -0.39 is 38.3 Å². The number of amides is 1. The minimum atomic E-state index is -4.59. The number of nitrogens with one attached hydrogen (secondary N) is 1. The number of benzene rings is 2. The lowest BCUT2D eigenvalue weighted by atomic mass is 9.98. The smallest absolute Gasteiger partial charge is 0.407 e. The summed E-state index contributed by atoms with van der Waals surface area (Å²) in [5.74, 6) is -1.14. The normalized spacial score (nSPS) is 14.1. The third-order valence-electron chi connectivity index (χ3n) is 4.57. The van der Waals surface area contributed by atoms with Crippen LogP contribution in [0.4, 0.5) is 4.79 Å². The summed E-state index contributed by atoms with van der Waals surface area (Å²) in [6.07, 6.45) is -2.01. The zero-order chi connectivity index (χ0) is 20.3. The fourth-order valence-corrected chi connectivity index (χ4v) is 3.95. The van der Waals surface area contributed by atoms with Gasteiger partial charge in [0.05, 0.1) is 6.61 Å². The Bertz CT molecular complexity index is 894. The van der Waals surface area contributed by atoms with Crippen LogP contribution in [0.3, 0.4) is 0 Å². The summed E-state index contributed by atoms with van der Waals surface area (Å²) < 4.78 is 16.2. The second kappa shape index (κ2) is 8.24. The second-order valence-corrected chi connectivity index (χ2v) is 8.14. The number of fused-ring (bicyclic) bond motifs is 3. The quantitative estimate of drug-likeness (QED) is 0.515. The maximum absolute atomic E-state index is 12.1. The van der Waals surface area contributed by atoms with Gasteiger partial charge in [0, 0.05) is 5.92 Å². The van der Waals surface area contributed by atoms with Crippen LogP contribution in [-0.2, 0) is 14.1 Å². The molecule has 0 saturated heterocycles. The third kappa shape index (κ3) is 4.48. The first-order valence-corrected chi connectivity index (χ1v) is 10.4. The number of ether oxygens (including phenoxy) is 1. The van der Waals surface area contributed by atoms with Crippen molar-refractivity contribution in [3.8, 4) is 11.1 Å². The molecule has 2 aromatic carbocycles. The Morgan fingerprint density at radius 2 is 1.57 bits per heavy atom. The fourth-order valence-electron chi connectivity index (χ4n) is 3.32. The first-order chi connectivity index (χ1) is 13.3. The molecule has 1 aliphatic carbocycles. The molecule has 9 heteroatoms. The van der Waals surface area contributed by atoms with Crippen LogP contribution < -0.4 is 5.32 Å². The standard InChI is InChI=1S/C19H20NO7P/c21-9-17(18(22)11-28(24,25)26)20-19(23)27-10-16-14-7-3-1-5-12(14)13-6-2-4-8-15(13)16/h1-8,16-17,21H,9-11H2,(H,20,23)(H2,24,25,26)/t17-/m0/s1. The summed E-state index contributed by atoms with van der Waals surface area (Å²) in [5.41, 5.74) is 4.18. The van der Waals surface area contributed by atoms with Gasteiger partial charge in [0.15, 0.2) is 5.78 Å². The fraction of sp³-hybridized carbons (Fsp3) is 0.263. The largest absolute Gasteiger partial charge is 0.449 e. The van der Waals surface area contributed by atoms with Crippen molar-refractivity contribution in [1.82, 2.24) is 5.32 Å². The molecule has 0 bridgehead atoms. The third-order valence-corrected chi connectivity index (χ3v) is 5.29. The van der Waals surface area contributed by atoms with Crippen LogP contribution in [0.5, 0.6) is 0 Å². The average Bonchev–Trinajstić information content (AvgIpc) is 2.97. The molecule has 1 amide bonds. The van der Waals surface area contributed by atoms with Crippen LogP contribution >= 0.6 is 7.60 Å². The molecule has 2 aromatic rings. The number of aliphatic hydroxyl groups excluding tert-OH is 1. The van der Waals surface area contributed by atoms with Gasteiger partial charge in [0.1, 0.15) is 18.8 Å². The van der Waals surface area contributed by atoms with Gasteiger partial charge in [-0.3, -0.25) is 9.36 Å². The number of alkyl carbamates (subject to hydrolysis) is 1. The minimum absolute atomic E-state index is 0.0185. The summed E-state index contributed by atoms with van der Waals surface area (Å²) in [4.78, 5) is 41.6. The monoisotopic (exact) mass is 405 g/mol. The van der Waals surface area contributed by atoms with Crippen molar-refractivity contribution in [3.63, 3.8) is 0 Å². The van der Waals surface area contributed by atoms with E-state index in [-0.39, 0.29) is 12.5 Å². The number of Topliss-reactive ketones (excluding diaryl/α,β-unsaturated/α-hetero) is 1. The molecular weight excluding hydrogens is 385 g/mol. The summed E-state index contributed by atoms with van der Waals surface area (Å²) >= 11 is 0. The van der Waals surface area contributed by atoms with Crippen molar-refractivity contribution in [2.45, 2.75) is 12.0 Å². The molecule has 1 atom stereocenters. The van der Waals surface area contributed by atoms with E-state index >= 15 is 0 Å². The van der Waals surface area contributed by atoms with E-state index in [0.29, 0.717) is 0 Å². The molecular formula is C19H20NO7P. The van der Waals surface area contributed by atoms with Crippen molar-refractivity contribution in [1.29, 1.82) is 0 Å². The van der Waals surface area contributed by atoms with E-state index in [0.717, 1.165) is 22.3 Å². The highest BCUT2D eigenvalue weighted by Gasteiger charge is 2.30. The average molecular weight is 405 g/mol. The molecule has 0 spiro atoms. The number of ketones is 1. The van der Waals surface area contributed by atoms with E-state index in [9.17, 15) is 19.3 Å². The minimum Gasteiger partial charge on any atom is -0.449 e. The molecule has 148 valence electrons. The zero-order valence-corrected chi connectivity index (χ0v) is 15.7. The van der Waals surface area contributed by atoms with E-state index in [4.69, 9.17) is 14.5 Å². The van der Waals surface area contributed by atoms with Gasteiger partial charge in [-0.15, -0.1) is 0 Å². The number of carbonyl (C=O) groups is 2. The Kier molecular flexibility index (Phi) is 5.96. The highest BCUT2D eigenvalue weighted by atomic mass is 31.2. The van der Waals surface area contributed by atoms with Crippen molar-refractivity contribution in [2.75, 3.05) is 19.4 Å². The Hall–Kier alpha value is -2.51. The van der Waals surface area contributed by atoms with Gasteiger partial charge in [-0.2, -0.15) is 0 Å². The molecule has 8 nitrogen and oxygen atoms in total. The number of hydrogen-bond donors (Lipinski definition) is 4. The van der Waals surface area contributed by atoms with E-state index in [1.165, 1.54) is 0 Å². The summed E-state index contributed by atoms with van der Waals surface area (Å²) in [7, 11) is -4.59. The van der Waals surface area contributed by atoms with Crippen molar-refractivity contribution in [2.24, 2.45) is 0 Å². The molecule has 0 saturated carbocycles. The van der Waals surface area contributed by atoms with Gasteiger partial charge >= 0.3 is 13.7 Å². The first-order valence-electron chi connectivity index (χ1n) is 8.60. The number of aliphatic hydroxyl groups is 1. The molecule has 3 rings (SSSR count). The summed E-state index contributed by atoms with van der Waals surface area (Å²) in [6, 6.07) is 14.1. The lowest BCUT2D eigenvalue weighted by molar-refractivity contribution is -0.119. The molecule has 1 aliphatic rings. The van der Waals surface area contributed by atoms with Crippen LogP contribution in [0.15, 0.2) is 48.5 Å². The molecule has 0 radical (unpaired) electrons. The summed E-state index contributed by atoms with van der Waals surface area (Å²) in [5, 5.41) is 11.4. The van der Waals surface area contributed by atoms with Gasteiger partial charge in [-0.1, -0.05) is 48.5 Å². The van der Waals surface area contributed by atoms with Crippen LogP contribution in [0, 0.1) is 0 Å². The number of carbonyl (C=O) groups excluding carboxylic acids is 2. The zero-order valence-electron chi connectivity index (χ0n) is 14.8. The maximum atomic E-state index is 12.1. The molecule has 0 aliphatic heterocycles. The van der Waals surface area contributed by atoms with Crippen molar-refractivity contribution >= 4 is 19.5 Å². The van der Waals surface area contributed by atoms with Gasteiger partial charge < -0.3 is 24.9 Å². The maximum Gasteiger partial charge on any atom is 0.407 e. The van der Waals surface area contributed by atoms with Gasteiger partial charge in [0.2, 0.25) is 0 Å². The van der Waals surface area contributed by atoms with E-state index in [2.05, 4.69) is 5.32 Å². The molecule has 0 heterocycles. The highest BCUT2D eigenvalue weighted by Crippen LogP contribution is 2.44. The van der Waals surface area contributed by atoms with Crippen LogP contribution in [-0.4, -0.2) is 52.2 Å². The molecule has 0 unspecified atom stereocenters. The number of rotatable bonds is 7. The first kappa shape index (κ1) is 20.2. The highest BCUT2D eigenvalue weighted by molar-refractivity contribution is 7.52. The van der Waals surface area contributed by atoms with Crippen LogP contribution in [0.1, 0.15) is 17.0 Å². The van der Waals surface area contributed by atoms with Crippen LogP contribution in [0.2, 0.25) is 0 Å². The van der Waals surface area contributed by atoms with Gasteiger partial charge in [-0.05, 0) is 22.3 Å². The number of hydrogen-bond acceptors (Lipinski definition) is 5. The molecule has 0 fully saturated rings. The molecule has 0 aromatic heterocycles. The Morgan fingerprint density at radius 3 is 2.07 bits per heavy atom. The van der Waals surface area contributed by atoms with Gasteiger partial charge in [0.25, 0.3) is 0 Å². The Labute approximate surface area is 161 Å². The predicted octanol–water partition coefficient (Wildman–Crippen LogP) is 1.63. The lowest BCUT2D eigenvalue weighted by Gasteiger charge is -2.18. The second-order valence-electron chi connectivity index (χ2n) is 6.49. The Morgan fingerprint density at radius 1 is 1.04 bits per heavy atom. The lowest BCUT2D eigenvalue weighted by Crippen LogP contribution is -2.45. The SMILES string of the molecule is O=C(N[C@@H](CO)C(=O)CP(=O)(O)O)OCC1c2ccccc2-c2ccccc21. The van der Waals surface area contributed by atoms with Gasteiger partial charge in [-0.25, -0.2) is 4.79 Å². The Balaban J connectivity index is 1.66. The van der Waals surface area contributed by atoms with E-state index in [1.807, 2.05) is 48.5 Å². The van der Waals surface area contributed by atoms with Crippen molar-refractivity contribution < 1.29 is 33.8 Å². The predicted molar refractivity (Wildman–Crippen MR) is 101 cm³/mol. The topological polar surface area (TPSA) is 133 Å². The van der Waals surface area contributed by atoms with Crippen LogP contribution in [0.25, 0.3) is 11.1 Å². The van der Waals surface area contributed by atoms with Crippen molar-refractivity contribution in [3.05, 3.63) is 59.7 Å².